The van der Waals surface area contributed by atoms with Gasteiger partial charge in [0.05, 0.1) is 29.5 Å². The minimum Gasteiger partial charge on any atom is -0.300 e. The summed E-state index contributed by atoms with van der Waals surface area (Å²) < 4.78 is 1.75. The first-order chi connectivity index (χ1) is 9.67. The Morgan fingerprint density at radius 2 is 2.25 bits per heavy atom. The first kappa shape index (κ1) is 14.6. The molecule has 0 aromatic carbocycles. The lowest BCUT2D eigenvalue weighted by atomic mass is 10.3. The number of nitrogens with zero attached hydrogens (tertiary/aromatic N) is 4. The van der Waals surface area contributed by atoms with E-state index in [1.807, 2.05) is 39.1 Å². The van der Waals surface area contributed by atoms with Gasteiger partial charge in [-0.25, -0.2) is 4.68 Å². The molecule has 0 saturated carbocycles. The van der Waals surface area contributed by atoms with Crippen molar-refractivity contribution in [3.8, 4) is 5.69 Å². The van der Waals surface area contributed by atoms with Crippen LogP contribution >= 0.6 is 11.8 Å². The second-order valence-corrected chi connectivity index (χ2v) is 5.41. The van der Waals surface area contributed by atoms with Gasteiger partial charge in [-0.3, -0.25) is 9.78 Å². The normalized spacial score (nSPS) is 10.6. The summed E-state index contributed by atoms with van der Waals surface area (Å²) in [5.41, 5.74) is 2.57. The predicted molar refractivity (Wildman–Crippen MR) is 82.6 cm³/mol. The first-order valence-electron chi connectivity index (χ1n) is 6.58. The van der Waals surface area contributed by atoms with Gasteiger partial charge in [0.1, 0.15) is 0 Å². The number of carbonyl (C=O) groups is 1. The molecule has 6 heteroatoms. The maximum Gasteiger partial charge on any atom is 0.286 e. The third-order valence-corrected chi connectivity index (χ3v) is 3.63. The number of hydrogen-bond donors (Lipinski definition) is 0. The molecule has 0 bridgehead atoms. The molecule has 0 atom stereocenters. The fourth-order valence-electron chi connectivity index (χ4n) is 1.94. The monoisotopic (exact) mass is 290 g/mol. The molecule has 0 aliphatic carbocycles. The number of pyridine rings is 1. The molecule has 0 spiro atoms. The number of rotatable bonds is 4. The van der Waals surface area contributed by atoms with Gasteiger partial charge >= 0.3 is 0 Å². The summed E-state index contributed by atoms with van der Waals surface area (Å²) in [6.07, 6.45) is 5.35. The lowest BCUT2D eigenvalue weighted by molar-refractivity contribution is 0.265. The second-order valence-electron chi connectivity index (χ2n) is 4.20. The average Bonchev–Trinajstić information content (AvgIpc) is 2.83. The van der Waals surface area contributed by atoms with Crippen molar-refractivity contribution in [2.24, 2.45) is 0 Å². The van der Waals surface area contributed by atoms with Crippen molar-refractivity contribution in [3.63, 3.8) is 0 Å². The smallest absolute Gasteiger partial charge is 0.286 e. The highest BCUT2D eigenvalue weighted by molar-refractivity contribution is 8.13. The number of thioether (sulfide) groups is 1. The molecular formula is C14H18N4OS. The number of aryl methyl sites for hydroxylation is 1. The molecule has 2 heterocycles. The molecule has 0 fully saturated rings. The molecule has 0 aliphatic heterocycles. The van der Waals surface area contributed by atoms with Crippen LogP contribution in [-0.2, 0) is 0 Å². The Kier molecular flexibility index (Phi) is 4.79. The van der Waals surface area contributed by atoms with Crippen LogP contribution < -0.4 is 4.90 Å². The van der Waals surface area contributed by atoms with Crippen LogP contribution in [0.5, 0.6) is 0 Å². The summed E-state index contributed by atoms with van der Waals surface area (Å²) in [5, 5.41) is 4.52. The van der Waals surface area contributed by atoms with E-state index in [9.17, 15) is 4.79 Å². The van der Waals surface area contributed by atoms with Crippen LogP contribution in [0, 0.1) is 6.92 Å². The van der Waals surface area contributed by atoms with E-state index in [-0.39, 0.29) is 5.24 Å². The Bertz CT molecular complexity index is 582. The quantitative estimate of drug-likeness (QED) is 0.867. The zero-order chi connectivity index (χ0) is 14.5. The fraction of sp³-hybridized carbons (Fsp3) is 0.357. The topological polar surface area (TPSA) is 51.0 Å². The molecule has 2 rings (SSSR count). The van der Waals surface area contributed by atoms with Gasteiger partial charge in [0.15, 0.2) is 0 Å². The van der Waals surface area contributed by atoms with Gasteiger partial charge in [-0.1, -0.05) is 18.7 Å². The van der Waals surface area contributed by atoms with Crippen molar-refractivity contribution in [1.29, 1.82) is 0 Å². The Labute approximate surface area is 123 Å². The standard InChI is InChI=1S/C14H18N4OS/c1-4-17(14(19)20-5-2)13-10-18(16-11(13)3)12-7-6-8-15-9-12/h6-10H,4-5H2,1-3H3. The molecule has 0 saturated heterocycles. The van der Waals surface area contributed by atoms with Crippen LogP contribution in [0.4, 0.5) is 10.5 Å². The minimum absolute atomic E-state index is 0.0591. The van der Waals surface area contributed by atoms with Gasteiger partial charge < -0.3 is 4.90 Å². The molecule has 2 aromatic rings. The predicted octanol–water partition coefficient (Wildman–Crippen LogP) is 3.28. The van der Waals surface area contributed by atoms with E-state index < -0.39 is 0 Å². The lowest BCUT2D eigenvalue weighted by Gasteiger charge is -2.18. The zero-order valence-electron chi connectivity index (χ0n) is 11.9. The molecular weight excluding hydrogens is 272 g/mol. The molecule has 0 aliphatic rings. The number of aromatic nitrogens is 3. The number of anilines is 1. The third-order valence-electron chi connectivity index (χ3n) is 2.88. The maximum absolute atomic E-state index is 12.1. The van der Waals surface area contributed by atoms with Crippen LogP contribution in [0.3, 0.4) is 0 Å². The van der Waals surface area contributed by atoms with E-state index in [2.05, 4.69) is 10.1 Å². The van der Waals surface area contributed by atoms with Crippen molar-refractivity contribution in [1.82, 2.24) is 14.8 Å². The van der Waals surface area contributed by atoms with E-state index in [0.717, 1.165) is 22.8 Å². The number of amides is 1. The van der Waals surface area contributed by atoms with Gasteiger partial charge in [0, 0.05) is 12.7 Å². The minimum atomic E-state index is 0.0591. The van der Waals surface area contributed by atoms with Crippen LogP contribution in [0.2, 0.25) is 0 Å². The van der Waals surface area contributed by atoms with Crippen LogP contribution in [0.1, 0.15) is 19.5 Å². The van der Waals surface area contributed by atoms with E-state index in [4.69, 9.17) is 0 Å². The molecule has 1 amide bonds. The molecule has 20 heavy (non-hydrogen) atoms. The molecule has 5 nitrogen and oxygen atoms in total. The number of hydrogen-bond acceptors (Lipinski definition) is 4. The van der Waals surface area contributed by atoms with Crippen LogP contribution in [-0.4, -0.2) is 32.3 Å². The van der Waals surface area contributed by atoms with Crippen LogP contribution in [0.15, 0.2) is 30.7 Å². The van der Waals surface area contributed by atoms with Gasteiger partial charge in [-0.05, 0) is 31.7 Å². The Morgan fingerprint density at radius 1 is 1.45 bits per heavy atom. The highest BCUT2D eigenvalue weighted by Gasteiger charge is 2.18. The molecule has 106 valence electrons. The van der Waals surface area contributed by atoms with E-state index in [0.29, 0.717) is 6.54 Å². The summed E-state index contributed by atoms with van der Waals surface area (Å²) in [6, 6.07) is 3.80. The number of carbonyl (C=O) groups excluding carboxylic acids is 1. The molecule has 0 N–H and O–H groups in total. The van der Waals surface area contributed by atoms with Crippen molar-refractivity contribution in [2.75, 3.05) is 17.2 Å². The van der Waals surface area contributed by atoms with E-state index in [1.165, 1.54) is 11.8 Å². The molecule has 0 radical (unpaired) electrons. The highest BCUT2D eigenvalue weighted by atomic mass is 32.2. The Hall–Kier alpha value is -1.82. The fourth-order valence-corrected chi connectivity index (χ4v) is 2.57. The average molecular weight is 290 g/mol. The van der Waals surface area contributed by atoms with Gasteiger partial charge in [-0.2, -0.15) is 5.10 Å². The summed E-state index contributed by atoms with van der Waals surface area (Å²) in [7, 11) is 0. The second kappa shape index (κ2) is 6.56. The Morgan fingerprint density at radius 3 is 2.85 bits per heavy atom. The van der Waals surface area contributed by atoms with E-state index in [1.54, 1.807) is 22.0 Å². The maximum atomic E-state index is 12.1. The summed E-state index contributed by atoms with van der Waals surface area (Å²) in [6.45, 7) is 6.48. The van der Waals surface area contributed by atoms with Crippen LogP contribution in [0.25, 0.3) is 5.69 Å². The summed E-state index contributed by atoms with van der Waals surface area (Å²) >= 11 is 1.31. The van der Waals surface area contributed by atoms with Gasteiger partial charge in [-0.15, -0.1) is 0 Å². The van der Waals surface area contributed by atoms with Gasteiger partial charge in [0.25, 0.3) is 5.24 Å². The first-order valence-corrected chi connectivity index (χ1v) is 7.56. The summed E-state index contributed by atoms with van der Waals surface area (Å²) in [5.74, 6) is 0.769. The van der Waals surface area contributed by atoms with E-state index >= 15 is 0 Å². The zero-order valence-corrected chi connectivity index (χ0v) is 12.7. The largest absolute Gasteiger partial charge is 0.300 e. The van der Waals surface area contributed by atoms with Crippen molar-refractivity contribution >= 4 is 22.7 Å². The summed E-state index contributed by atoms with van der Waals surface area (Å²) in [4.78, 5) is 17.9. The SMILES string of the molecule is CCSC(=O)N(CC)c1cn(-c2cccnc2)nc1C. The van der Waals surface area contributed by atoms with Gasteiger partial charge in [0.2, 0.25) is 0 Å². The Balaban J connectivity index is 2.33. The van der Waals surface area contributed by atoms with Crippen molar-refractivity contribution in [2.45, 2.75) is 20.8 Å². The van der Waals surface area contributed by atoms with Crippen molar-refractivity contribution < 1.29 is 4.79 Å². The van der Waals surface area contributed by atoms with Crippen molar-refractivity contribution in [3.05, 3.63) is 36.4 Å². The third kappa shape index (κ3) is 3.01. The molecule has 2 aromatic heterocycles. The lowest BCUT2D eigenvalue weighted by Crippen LogP contribution is -2.27. The highest BCUT2D eigenvalue weighted by Crippen LogP contribution is 2.24. The molecule has 0 unspecified atom stereocenters.